The number of carbonyl (C=O) groups excluding carboxylic acids is 4. The van der Waals surface area contributed by atoms with Crippen LogP contribution < -0.4 is 15.0 Å². The fourth-order valence-electron chi connectivity index (χ4n) is 6.77. The number of anilines is 1. The predicted molar refractivity (Wildman–Crippen MR) is 164 cm³/mol. The highest BCUT2D eigenvalue weighted by Crippen LogP contribution is 2.59. The van der Waals surface area contributed by atoms with E-state index in [0.29, 0.717) is 62.9 Å². The molecule has 3 fully saturated rings. The Morgan fingerprint density at radius 2 is 1.95 bits per heavy atom. The molecule has 1 aromatic rings. The van der Waals surface area contributed by atoms with E-state index in [-0.39, 0.29) is 37.4 Å². The lowest BCUT2D eigenvalue weighted by Gasteiger charge is -2.36. The number of likely N-dealkylation sites (tertiary alicyclic amines) is 1. The zero-order chi connectivity index (χ0) is 31.9. The van der Waals surface area contributed by atoms with Crippen molar-refractivity contribution in [1.82, 2.24) is 10.2 Å². The number of aliphatic hydroxyl groups excluding tert-OH is 1. The van der Waals surface area contributed by atoms with Gasteiger partial charge in [0.1, 0.15) is 23.5 Å². The maximum absolute atomic E-state index is 14.5. The molecule has 3 aliphatic rings. The number of nitrogens with one attached hydrogen (secondary N) is 1. The smallest absolute Gasteiger partial charge is 0.312 e. The largest absolute Gasteiger partial charge is 0.497 e. The summed E-state index contributed by atoms with van der Waals surface area (Å²) in [5.74, 6) is -2.41. The molecule has 1 spiro atoms. The summed E-state index contributed by atoms with van der Waals surface area (Å²) in [5, 5.41) is 12.0. The summed E-state index contributed by atoms with van der Waals surface area (Å²) in [5.41, 5.74) is -0.552. The third-order valence-electron chi connectivity index (χ3n) is 8.80. The minimum absolute atomic E-state index is 0.0407. The Morgan fingerprint density at radius 1 is 1.20 bits per heavy atom. The molecular formula is C33H45N3O8. The zero-order valence-electron chi connectivity index (χ0n) is 25.7. The predicted octanol–water partition coefficient (Wildman–Crippen LogP) is 2.77. The zero-order valence-corrected chi connectivity index (χ0v) is 25.7. The Labute approximate surface area is 259 Å². The van der Waals surface area contributed by atoms with Crippen molar-refractivity contribution >= 4 is 29.4 Å². The fourth-order valence-corrected chi connectivity index (χ4v) is 6.77. The summed E-state index contributed by atoms with van der Waals surface area (Å²) in [4.78, 5) is 57.5. The molecule has 6 atom stereocenters. The van der Waals surface area contributed by atoms with Gasteiger partial charge in [0.25, 0.3) is 5.91 Å². The van der Waals surface area contributed by atoms with Crippen LogP contribution >= 0.6 is 0 Å². The Kier molecular flexibility index (Phi) is 11.2. The second-order valence-corrected chi connectivity index (χ2v) is 11.7. The van der Waals surface area contributed by atoms with Crippen molar-refractivity contribution in [1.29, 1.82) is 0 Å². The first-order chi connectivity index (χ1) is 21.2. The Balaban J connectivity index is 1.59. The summed E-state index contributed by atoms with van der Waals surface area (Å²) < 4.78 is 17.6. The number of carbonyl (C=O) groups is 4. The number of fused-ring (bicyclic) bond motifs is 1. The van der Waals surface area contributed by atoms with Crippen LogP contribution in [-0.4, -0.2) is 90.9 Å². The van der Waals surface area contributed by atoms with Crippen molar-refractivity contribution in [2.24, 2.45) is 11.8 Å². The van der Waals surface area contributed by atoms with Crippen LogP contribution in [0, 0.1) is 11.8 Å². The molecule has 3 heterocycles. The normalized spacial score (nSPS) is 25.7. The number of esters is 1. The minimum Gasteiger partial charge on any atom is -0.497 e. The topological polar surface area (TPSA) is 135 Å². The van der Waals surface area contributed by atoms with E-state index in [1.54, 1.807) is 60.3 Å². The second-order valence-electron chi connectivity index (χ2n) is 11.7. The molecule has 0 saturated carbocycles. The molecule has 1 aromatic carbocycles. The van der Waals surface area contributed by atoms with Gasteiger partial charge < -0.3 is 34.4 Å². The number of amides is 3. The minimum atomic E-state index is -1.17. The highest BCUT2D eigenvalue weighted by atomic mass is 16.6. The molecule has 3 amide bonds. The quantitative estimate of drug-likeness (QED) is 0.156. The number of nitrogens with zero attached hydrogens (tertiary/aromatic N) is 2. The summed E-state index contributed by atoms with van der Waals surface area (Å²) in [6.07, 6.45) is 5.79. The van der Waals surface area contributed by atoms with E-state index in [2.05, 4.69) is 18.5 Å². The molecule has 11 heteroatoms. The lowest BCUT2D eigenvalue weighted by atomic mass is 9.70. The number of hydrogen-bond donors (Lipinski definition) is 2. The molecule has 3 saturated heterocycles. The number of aliphatic hydroxyl groups is 1. The standard InChI is InChI=1S/C33H45N3O8/c1-5-7-11-26(38)34-21-22(3)43-32(41)27-25-16-17-33(44-25)28(27)30(39)36(19-9-8-10-20-37)29(33)31(40)35(18-6-2)23-12-14-24(42-4)15-13-23/h5-6,12-15,22,25,27-29,37H,1-2,7-11,16-21H2,3-4H3,(H,34,38)/t22-,25+,27-,28-,29+,33-/m0/s1. The molecule has 2 N–H and O–H groups in total. The molecule has 0 unspecified atom stereocenters. The third-order valence-corrected chi connectivity index (χ3v) is 8.80. The van der Waals surface area contributed by atoms with E-state index >= 15 is 0 Å². The van der Waals surface area contributed by atoms with Crippen molar-refractivity contribution in [2.45, 2.75) is 75.7 Å². The van der Waals surface area contributed by atoms with Gasteiger partial charge in [-0.2, -0.15) is 0 Å². The number of hydrogen-bond acceptors (Lipinski definition) is 8. The van der Waals surface area contributed by atoms with Crippen LogP contribution in [-0.2, 0) is 28.7 Å². The molecule has 4 rings (SSSR count). The van der Waals surface area contributed by atoms with Crippen LogP contribution in [0.1, 0.15) is 51.9 Å². The van der Waals surface area contributed by atoms with Crippen LogP contribution in [0.3, 0.4) is 0 Å². The average molecular weight is 612 g/mol. The van der Waals surface area contributed by atoms with Gasteiger partial charge in [-0.05, 0) is 69.7 Å². The molecule has 11 nitrogen and oxygen atoms in total. The highest BCUT2D eigenvalue weighted by molar-refractivity contribution is 6.04. The molecule has 3 aliphatic heterocycles. The van der Waals surface area contributed by atoms with E-state index in [9.17, 15) is 24.3 Å². The van der Waals surface area contributed by atoms with E-state index in [0.717, 1.165) is 0 Å². The van der Waals surface area contributed by atoms with Crippen LogP contribution in [0.2, 0.25) is 0 Å². The number of methoxy groups -OCH3 is 1. The van der Waals surface area contributed by atoms with E-state index in [4.69, 9.17) is 14.2 Å². The van der Waals surface area contributed by atoms with Gasteiger partial charge in [-0.15, -0.1) is 13.2 Å². The first kappa shape index (κ1) is 33.2. The fraction of sp³-hybridized carbons (Fsp3) is 0.576. The van der Waals surface area contributed by atoms with Gasteiger partial charge in [-0.25, -0.2) is 0 Å². The summed E-state index contributed by atoms with van der Waals surface area (Å²) in [6, 6.07) is 6.14. The van der Waals surface area contributed by atoms with Crippen molar-refractivity contribution in [3.8, 4) is 5.75 Å². The van der Waals surface area contributed by atoms with Crippen molar-refractivity contribution in [2.75, 3.05) is 38.3 Å². The number of allylic oxidation sites excluding steroid dienone is 1. The number of ether oxygens (including phenoxy) is 3. The van der Waals surface area contributed by atoms with Gasteiger partial charge in [-0.1, -0.05) is 12.2 Å². The second kappa shape index (κ2) is 14.9. The number of benzene rings is 1. The molecule has 0 aromatic heterocycles. The van der Waals surface area contributed by atoms with Crippen molar-refractivity contribution in [3.63, 3.8) is 0 Å². The van der Waals surface area contributed by atoms with Crippen LogP contribution in [0.4, 0.5) is 5.69 Å². The highest BCUT2D eigenvalue weighted by Gasteiger charge is 2.75. The number of rotatable bonds is 17. The molecule has 44 heavy (non-hydrogen) atoms. The lowest BCUT2D eigenvalue weighted by molar-refractivity contribution is -0.159. The Hall–Kier alpha value is -3.70. The third kappa shape index (κ3) is 6.68. The maximum Gasteiger partial charge on any atom is 0.312 e. The molecule has 2 bridgehead atoms. The average Bonchev–Trinajstić information content (AvgIpc) is 3.67. The van der Waals surface area contributed by atoms with Gasteiger partial charge in [-0.3, -0.25) is 19.2 Å². The molecule has 0 radical (unpaired) electrons. The lowest BCUT2D eigenvalue weighted by Crippen LogP contribution is -2.56. The Morgan fingerprint density at radius 3 is 2.61 bits per heavy atom. The van der Waals surface area contributed by atoms with Gasteiger partial charge in [0.2, 0.25) is 11.8 Å². The monoisotopic (exact) mass is 611 g/mol. The van der Waals surface area contributed by atoms with E-state index in [1.807, 2.05) is 0 Å². The molecule has 240 valence electrons. The van der Waals surface area contributed by atoms with Crippen molar-refractivity contribution in [3.05, 3.63) is 49.6 Å². The first-order valence-electron chi connectivity index (χ1n) is 15.5. The molecular weight excluding hydrogens is 566 g/mol. The van der Waals surface area contributed by atoms with Crippen LogP contribution in [0.25, 0.3) is 0 Å². The maximum atomic E-state index is 14.5. The van der Waals surface area contributed by atoms with Gasteiger partial charge in [0.15, 0.2) is 0 Å². The van der Waals surface area contributed by atoms with Gasteiger partial charge in [0, 0.05) is 31.8 Å². The van der Waals surface area contributed by atoms with E-state index < -0.39 is 41.7 Å². The van der Waals surface area contributed by atoms with Crippen LogP contribution in [0.15, 0.2) is 49.6 Å². The summed E-state index contributed by atoms with van der Waals surface area (Å²) >= 11 is 0. The van der Waals surface area contributed by atoms with Crippen LogP contribution in [0.5, 0.6) is 5.75 Å². The van der Waals surface area contributed by atoms with Gasteiger partial charge in [0.05, 0.1) is 31.6 Å². The van der Waals surface area contributed by atoms with Gasteiger partial charge >= 0.3 is 5.97 Å². The molecule has 0 aliphatic carbocycles. The summed E-state index contributed by atoms with van der Waals surface area (Å²) in [6.45, 7) is 9.83. The summed E-state index contributed by atoms with van der Waals surface area (Å²) in [7, 11) is 1.57. The SMILES string of the molecule is C=CCCC(=O)NC[C@H](C)OC(=O)[C@@H]1[C@H]2C(=O)N(CCCCCO)[C@H](C(=O)N(CC=C)c3ccc(OC)cc3)[C@]23CC[C@H]1O3. The number of unbranched alkanes of at least 4 members (excludes halogenated alkanes) is 2. The van der Waals surface area contributed by atoms with E-state index in [1.165, 1.54) is 0 Å². The first-order valence-corrected chi connectivity index (χ1v) is 15.5. The van der Waals surface area contributed by atoms with Crippen molar-refractivity contribution < 1.29 is 38.5 Å². The Bertz CT molecular complexity index is 1220.